The maximum atomic E-state index is 13.2. The van der Waals surface area contributed by atoms with Gasteiger partial charge in [0.2, 0.25) is 17.6 Å². The van der Waals surface area contributed by atoms with E-state index >= 15 is 0 Å². The fraction of sp³-hybridized carbons (Fsp3) is 0.458. The number of aryl methyl sites for hydroxylation is 1. The zero-order chi connectivity index (χ0) is 23.7. The molecule has 2 aromatic rings. The maximum absolute atomic E-state index is 13.2. The number of carbonyl (C=O) groups excluding carboxylic acids is 2. The Hall–Kier alpha value is -3.07. The van der Waals surface area contributed by atoms with Gasteiger partial charge in [0.15, 0.2) is 11.5 Å². The van der Waals surface area contributed by atoms with E-state index in [1.807, 2.05) is 30.9 Å². The van der Waals surface area contributed by atoms with E-state index in [2.05, 4.69) is 0 Å². The van der Waals surface area contributed by atoms with Crippen LogP contribution in [0.2, 0.25) is 0 Å². The molecule has 0 saturated carbocycles. The van der Waals surface area contributed by atoms with Crippen LogP contribution in [0.15, 0.2) is 17.1 Å². The minimum Gasteiger partial charge on any atom is -0.493 e. The summed E-state index contributed by atoms with van der Waals surface area (Å²) in [5.41, 5.74) is 3.34. The van der Waals surface area contributed by atoms with Crippen molar-refractivity contribution in [1.29, 1.82) is 0 Å². The lowest BCUT2D eigenvalue weighted by Crippen LogP contribution is -2.42. The number of nitrogens with zero attached hydrogens (tertiary/aromatic N) is 3. The van der Waals surface area contributed by atoms with Gasteiger partial charge in [-0.1, -0.05) is 0 Å². The predicted molar refractivity (Wildman–Crippen MR) is 129 cm³/mol. The number of carbonyl (C=O) groups is 2. The molecule has 2 aliphatic rings. The van der Waals surface area contributed by atoms with E-state index < -0.39 is 0 Å². The number of methoxy groups -OCH3 is 3. The first-order valence-electron chi connectivity index (χ1n) is 10.9. The number of hydrogen-bond donors (Lipinski definition) is 0. The topological polar surface area (TPSA) is 80.7 Å². The van der Waals surface area contributed by atoms with Crippen molar-refractivity contribution in [2.45, 2.75) is 26.7 Å². The molecular formula is C24H29N3O5S. The van der Waals surface area contributed by atoms with Crippen molar-refractivity contribution in [1.82, 2.24) is 4.90 Å². The SMILES string of the molecule is COc1cc(C2=NCC(=O)N(CC(=O)N3CCCC3)c3sc(C)c(C)c32)cc(OC)c1OC. The first-order valence-corrected chi connectivity index (χ1v) is 11.7. The summed E-state index contributed by atoms with van der Waals surface area (Å²) in [5.74, 6) is 1.30. The van der Waals surface area contributed by atoms with Crippen molar-refractivity contribution < 1.29 is 23.8 Å². The molecule has 176 valence electrons. The molecule has 0 bridgehead atoms. The van der Waals surface area contributed by atoms with E-state index in [1.165, 1.54) is 11.3 Å². The molecule has 0 unspecified atom stereocenters. The summed E-state index contributed by atoms with van der Waals surface area (Å²) in [6.07, 6.45) is 2.02. The molecule has 1 aromatic heterocycles. The van der Waals surface area contributed by atoms with Crippen molar-refractivity contribution >= 4 is 33.9 Å². The van der Waals surface area contributed by atoms with Crippen LogP contribution in [0, 0.1) is 13.8 Å². The quantitative estimate of drug-likeness (QED) is 0.646. The van der Waals surface area contributed by atoms with Gasteiger partial charge in [-0.2, -0.15) is 0 Å². The van der Waals surface area contributed by atoms with Crippen LogP contribution in [-0.2, 0) is 9.59 Å². The van der Waals surface area contributed by atoms with Crippen LogP contribution in [0.3, 0.4) is 0 Å². The third-order valence-electron chi connectivity index (χ3n) is 6.21. The fourth-order valence-corrected chi connectivity index (χ4v) is 5.49. The van der Waals surface area contributed by atoms with Gasteiger partial charge in [-0.05, 0) is 44.4 Å². The zero-order valence-electron chi connectivity index (χ0n) is 19.7. The van der Waals surface area contributed by atoms with Gasteiger partial charge >= 0.3 is 0 Å². The van der Waals surface area contributed by atoms with Gasteiger partial charge in [0.05, 0.1) is 27.0 Å². The summed E-state index contributed by atoms with van der Waals surface area (Å²) in [5, 5.41) is 0.757. The molecule has 0 atom stereocenters. The van der Waals surface area contributed by atoms with Gasteiger partial charge in [-0.3, -0.25) is 19.5 Å². The average molecular weight is 472 g/mol. The van der Waals surface area contributed by atoms with Gasteiger partial charge in [-0.15, -0.1) is 11.3 Å². The minimum absolute atomic E-state index is 0.0215. The van der Waals surface area contributed by atoms with Crippen LogP contribution < -0.4 is 19.1 Å². The Kier molecular flexibility index (Phi) is 6.60. The second kappa shape index (κ2) is 9.43. The van der Waals surface area contributed by atoms with Gasteiger partial charge < -0.3 is 19.1 Å². The Balaban J connectivity index is 1.81. The smallest absolute Gasteiger partial charge is 0.249 e. The number of rotatable bonds is 6. The molecule has 9 heteroatoms. The van der Waals surface area contributed by atoms with E-state index in [4.69, 9.17) is 19.2 Å². The standard InChI is InChI=1S/C24H29N3O5S/c1-14-15(2)33-24-21(14)22(16-10-17(30-3)23(32-5)18(11-16)31-4)25-12-19(28)27(24)13-20(29)26-8-6-7-9-26/h10-11H,6-9,12-13H2,1-5H3. The number of anilines is 1. The molecule has 3 heterocycles. The van der Waals surface area contributed by atoms with E-state index in [9.17, 15) is 9.59 Å². The molecule has 1 aromatic carbocycles. The number of amides is 2. The molecule has 1 fully saturated rings. The normalized spacial score (nSPS) is 15.8. The Morgan fingerprint density at radius 1 is 1.06 bits per heavy atom. The van der Waals surface area contributed by atoms with Crippen LogP contribution in [0.4, 0.5) is 5.00 Å². The number of fused-ring (bicyclic) bond motifs is 1. The van der Waals surface area contributed by atoms with E-state index in [1.54, 1.807) is 26.2 Å². The number of likely N-dealkylation sites (tertiary alicyclic amines) is 1. The number of ether oxygens (including phenoxy) is 3. The molecule has 33 heavy (non-hydrogen) atoms. The van der Waals surface area contributed by atoms with Crippen LogP contribution in [0.25, 0.3) is 0 Å². The number of aliphatic imine (C=N–C) groups is 1. The highest BCUT2D eigenvalue weighted by atomic mass is 32.1. The highest BCUT2D eigenvalue weighted by Crippen LogP contribution is 2.42. The molecule has 0 spiro atoms. The lowest BCUT2D eigenvalue weighted by atomic mass is 9.99. The van der Waals surface area contributed by atoms with Crippen molar-refractivity contribution in [3.8, 4) is 17.2 Å². The van der Waals surface area contributed by atoms with Gasteiger partial charge in [0, 0.05) is 29.1 Å². The van der Waals surface area contributed by atoms with Gasteiger partial charge in [-0.25, -0.2) is 0 Å². The largest absolute Gasteiger partial charge is 0.493 e. The van der Waals surface area contributed by atoms with Crippen molar-refractivity contribution in [2.75, 3.05) is 52.4 Å². The molecule has 1 saturated heterocycles. The Bertz CT molecular complexity index is 1090. The Morgan fingerprint density at radius 3 is 2.27 bits per heavy atom. The van der Waals surface area contributed by atoms with Gasteiger partial charge in [0.1, 0.15) is 18.1 Å². The van der Waals surface area contributed by atoms with E-state index in [0.717, 1.165) is 52.5 Å². The summed E-state index contributed by atoms with van der Waals surface area (Å²) >= 11 is 1.52. The van der Waals surface area contributed by atoms with Gasteiger partial charge in [0.25, 0.3) is 0 Å². The monoisotopic (exact) mass is 471 g/mol. The Morgan fingerprint density at radius 2 is 1.70 bits per heavy atom. The first-order chi connectivity index (χ1) is 15.9. The van der Waals surface area contributed by atoms with Crippen LogP contribution >= 0.6 is 11.3 Å². The molecule has 4 rings (SSSR count). The Labute approximate surface area is 197 Å². The van der Waals surface area contributed by atoms with Crippen molar-refractivity contribution in [2.24, 2.45) is 4.99 Å². The molecule has 0 radical (unpaired) electrons. The summed E-state index contributed by atoms with van der Waals surface area (Å²) in [4.78, 5) is 35.3. The third kappa shape index (κ3) is 4.17. The zero-order valence-corrected chi connectivity index (χ0v) is 20.5. The molecule has 0 aliphatic carbocycles. The molecule has 2 aliphatic heterocycles. The maximum Gasteiger partial charge on any atom is 0.249 e. The molecule has 2 amide bonds. The van der Waals surface area contributed by atoms with E-state index in [0.29, 0.717) is 23.0 Å². The number of thiophene rings is 1. The van der Waals surface area contributed by atoms with Crippen molar-refractivity contribution in [3.63, 3.8) is 0 Å². The van der Waals surface area contributed by atoms with E-state index in [-0.39, 0.29) is 24.9 Å². The fourth-order valence-electron chi connectivity index (χ4n) is 4.32. The molecule has 0 N–H and O–H groups in total. The summed E-state index contributed by atoms with van der Waals surface area (Å²) < 4.78 is 16.5. The second-order valence-electron chi connectivity index (χ2n) is 8.11. The lowest BCUT2D eigenvalue weighted by Gasteiger charge is -2.23. The van der Waals surface area contributed by atoms with Crippen LogP contribution in [0.1, 0.15) is 34.4 Å². The lowest BCUT2D eigenvalue weighted by molar-refractivity contribution is -0.130. The average Bonchev–Trinajstić information content (AvgIpc) is 3.43. The molecule has 8 nitrogen and oxygen atoms in total. The number of benzene rings is 1. The highest BCUT2D eigenvalue weighted by molar-refractivity contribution is 7.17. The second-order valence-corrected chi connectivity index (χ2v) is 9.31. The molecular weight excluding hydrogens is 442 g/mol. The van der Waals surface area contributed by atoms with Crippen molar-refractivity contribution in [3.05, 3.63) is 33.7 Å². The van der Waals surface area contributed by atoms with Crippen LogP contribution in [0.5, 0.6) is 17.2 Å². The highest BCUT2D eigenvalue weighted by Gasteiger charge is 2.33. The number of hydrogen-bond acceptors (Lipinski definition) is 7. The predicted octanol–water partition coefficient (Wildman–Crippen LogP) is 3.20. The summed E-state index contributed by atoms with van der Waals surface area (Å²) in [6.45, 7) is 5.54. The summed E-state index contributed by atoms with van der Waals surface area (Å²) in [7, 11) is 4.69. The minimum atomic E-state index is -0.188. The first kappa shape index (κ1) is 23.1. The van der Waals surface area contributed by atoms with Crippen LogP contribution in [-0.4, -0.2) is 69.9 Å². The third-order valence-corrected chi connectivity index (χ3v) is 7.44. The summed E-state index contributed by atoms with van der Waals surface area (Å²) in [6, 6.07) is 3.68.